The standard InChI is InChI=1S/C8H13N2O2/c1-6(5-11)10-8(12)7-3-2-4-9-7/h6-7,9H,2-4H2,1H3,(H,10,12)/t6-,7-/m0/s1. The Kier molecular flexibility index (Phi) is 3.22. The van der Waals surface area contributed by atoms with Crippen LogP contribution in [-0.4, -0.2) is 30.8 Å². The molecule has 0 bridgehead atoms. The van der Waals surface area contributed by atoms with Crippen LogP contribution in [-0.2, 0) is 9.59 Å². The van der Waals surface area contributed by atoms with Crippen LogP contribution in [0.25, 0.3) is 0 Å². The minimum atomic E-state index is -0.500. The van der Waals surface area contributed by atoms with E-state index in [9.17, 15) is 9.59 Å². The fourth-order valence-corrected chi connectivity index (χ4v) is 1.25. The lowest BCUT2D eigenvalue weighted by molar-refractivity contribution is -0.123. The summed E-state index contributed by atoms with van der Waals surface area (Å²) in [6.45, 7) is 2.50. The molecule has 4 nitrogen and oxygen atoms in total. The van der Waals surface area contributed by atoms with Crippen LogP contribution in [0.4, 0.5) is 0 Å². The smallest absolute Gasteiger partial charge is 0.237 e. The van der Waals surface area contributed by atoms with Crippen LogP contribution in [0.1, 0.15) is 19.8 Å². The summed E-state index contributed by atoms with van der Waals surface area (Å²) in [4.78, 5) is 21.4. The number of carbonyl (C=O) groups excluding carboxylic acids is 2. The third-order valence-corrected chi connectivity index (χ3v) is 1.91. The lowest BCUT2D eigenvalue weighted by atomic mass is 10.2. The van der Waals surface area contributed by atoms with Gasteiger partial charge in [-0.05, 0) is 26.3 Å². The Morgan fingerprint density at radius 2 is 2.50 bits per heavy atom. The van der Waals surface area contributed by atoms with E-state index < -0.39 is 6.04 Å². The first-order chi connectivity index (χ1) is 5.74. The van der Waals surface area contributed by atoms with E-state index in [2.05, 4.69) is 10.6 Å². The maximum atomic E-state index is 11.3. The molecule has 0 aromatic carbocycles. The summed E-state index contributed by atoms with van der Waals surface area (Å²) < 4.78 is 0. The monoisotopic (exact) mass is 169 g/mol. The first-order valence-corrected chi connectivity index (χ1v) is 4.15. The Balaban J connectivity index is 2.31. The molecule has 0 aromatic heterocycles. The van der Waals surface area contributed by atoms with Crippen molar-refractivity contribution in [3.05, 3.63) is 0 Å². The zero-order valence-corrected chi connectivity index (χ0v) is 7.09. The topological polar surface area (TPSA) is 58.2 Å². The third kappa shape index (κ3) is 2.30. The molecule has 2 atom stereocenters. The van der Waals surface area contributed by atoms with E-state index in [0.29, 0.717) is 0 Å². The second kappa shape index (κ2) is 4.21. The van der Waals surface area contributed by atoms with E-state index in [-0.39, 0.29) is 11.9 Å². The lowest BCUT2D eigenvalue weighted by Gasteiger charge is -2.11. The highest BCUT2D eigenvalue weighted by molar-refractivity contribution is 5.84. The van der Waals surface area contributed by atoms with Crippen LogP contribution in [0.2, 0.25) is 0 Å². The van der Waals surface area contributed by atoms with E-state index >= 15 is 0 Å². The van der Waals surface area contributed by atoms with Crippen molar-refractivity contribution in [2.45, 2.75) is 31.8 Å². The van der Waals surface area contributed by atoms with Gasteiger partial charge in [-0.2, -0.15) is 0 Å². The molecule has 2 N–H and O–H groups in total. The second-order valence-corrected chi connectivity index (χ2v) is 3.00. The molecule has 4 heteroatoms. The summed E-state index contributed by atoms with van der Waals surface area (Å²) in [6.07, 6.45) is 3.59. The van der Waals surface area contributed by atoms with Gasteiger partial charge in [0.2, 0.25) is 12.2 Å². The Bertz CT molecular complexity index is 176. The minimum absolute atomic E-state index is 0.0941. The van der Waals surface area contributed by atoms with Gasteiger partial charge in [-0.3, -0.25) is 9.59 Å². The van der Waals surface area contributed by atoms with Gasteiger partial charge < -0.3 is 10.6 Å². The zero-order chi connectivity index (χ0) is 8.97. The van der Waals surface area contributed by atoms with Crippen molar-refractivity contribution >= 4 is 12.2 Å². The number of hydrogen-bond donors (Lipinski definition) is 2. The van der Waals surface area contributed by atoms with E-state index in [0.717, 1.165) is 19.4 Å². The zero-order valence-electron chi connectivity index (χ0n) is 7.09. The summed E-state index contributed by atoms with van der Waals surface area (Å²) in [5, 5.41) is 5.59. The van der Waals surface area contributed by atoms with Gasteiger partial charge in [0.25, 0.3) is 0 Å². The lowest BCUT2D eigenvalue weighted by Crippen LogP contribution is -2.44. The summed E-state index contributed by atoms with van der Waals surface area (Å²) >= 11 is 0. The Morgan fingerprint density at radius 3 is 3.00 bits per heavy atom. The molecule has 67 valence electrons. The van der Waals surface area contributed by atoms with Crippen LogP contribution in [0.5, 0.6) is 0 Å². The molecule has 1 heterocycles. The Morgan fingerprint density at radius 1 is 1.75 bits per heavy atom. The molecule has 0 spiro atoms. The third-order valence-electron chi connectivity index (χ3n) is 1.91. The number of hydrogen-bond acceptors (Lipinski definition) is 3. The van der Waals surface area contributed by atoms with Crippen molar-refractivity contribution < 1.29 is 9.59 Å². The first kappa shape index (κ1) is 9.19. The van der Waals surface area contributed by atoms with Crippen molar-refractivity contribution in [3.8, 4) is 0 Å². The van der Waals surface area contributed by atoms with Gasteiger partial charge >= 0.3 is 0 Å². The van der Waals surface area contributed by atoms with Crippen molar-refractivity contribution in [3.63, 3.8) is 0 Å². The molecule has 0 aliphatic carbocycles. The normalized spacial score (nSPS) is 24.9. The average molecular weight is 169 g/mol. The molecular formula is C8H13N2O2. The quantitative estimate of drug-likeness (QED) is 0.590. The van der Waals surface area contributed by atoms with Crippen molar-refractivity contribution in [2.75, 3.05) is 6.54 Å². The van der Waals surface area contributed by atoms with E-state index in [4.69, 9.17) is 0 Å². The largest absolute Gasteiger partial charge is 0.345 e. The molecule has 0 aromatic rings. The average Bonchev–Trinajstić information content (AvgIpc) is 2.56. The molecule has 0 unspecified atom stereocenters. The van der Waals surface area contributed by atoms with E-state index in [1.165, 1.54) is 0 Å². The molecule has 1 aliphatic rings. The first-order valence-electron chi connectivity index (χ1n) is 4.15. The van der Waals surface area contributed by atoms with Gasteiger partial charge in [-0.1, -0.05) is 0 Å². The number of nitrogens with one attached hydrogen (secondary N) is 2. The molecule has 1 radical (unpaired) electrons. The highest BCUT2D eigenvalue weighted by Gasteiger charge is 2.22. The number of rotatable bonds is 3. The second-order valence-electron chi connectivity index (χ2n) is 3.00. The Labute approximate surface area is 71.7 Å². The van der Waals surface area contributed by atoms with E-state index in [1.807, 2.05) is 0 Å². The van der Waals surface area contributed by atoms with Gasteiger partial charge in [0.05, 0.1) is 12.1 Å². The highest BCUT2D eigenvalue weighted by atomic mass is 16.2. The minimum Gasteiger partial charge on any atom is -0.345 e. The van der Waals surface area contributed by atoms with Crippen molar-refractivity contribution in [1.82, 2.24) is 10.6 Å². The van der Waals surface area contributed by atoms with Gasteiger partial charge in [0.15, 0.2) is 0 Å². The molecule has 1 aliphatic heterocycles. The Hall–Kier alpha value is -0.900. The van der Waals surface area contributed by atoms with E-state index in [1.54, 1.807) is 13.2 Å². The van der Waals surface area contributed by atoms with Crippen LogP contribution < -0.4 is 10.6 Å². The molecule has 1 saturated heterocycles. The molecular weight excluding hydrogens is 156 g/mol. The maximum Gasteiger partial charge on any atom is 0.237 e. The highest BCUT2D eigenvalue weighted by Crippen LogP contribution is 2.04. The SMILES string of the molecule is C[C@@H]([C]=O)NC(=O)[C@@H]1CCCN1. The number of carbonyl (C=O) groups is 1. The fraction of sp³-hybridized carbons (Fsp3) is 0.750. The summed E-state index contributed by atoms with van der Waals surface area (Å²) in [5.74, 6) is -0.0941. The van der Waals surface area contributed by atoms with Crippen molar-refractivity contribution in [2.24, 2.45) is 0 Å². The molecule has 1 rings (SSSR count). The number of amides is 1. The molecule has 1 fully saturated rings. The summed E-state index contributed by atoms with van der Waals surface area (Å²) in [7, 11) is 0. The van der Waals surface area contributed by atoms with Gasteiger partial charge in [0.1, 0.15) is 0 Å². The molecule has 12 heavy (non-hydrogen) atoms. The maximum absolute atomic E-state index is 11.3. The van der Waals surface area contributed by atoms with Gasteiger partial charge in [0, 0.05) is 0 Å². The van der Waals surface area contributed by atoms with Crippen LogP contribution in [0.15, 0.2) is 0 Å². The van der Waals surface area contributed by atoms with Gasteiger partial charge in [-0.15, -0.1) is 0 Å². The summed E-state index contributed by atoms with van der Waals surface area (Å²) in [6, 6.07) is -0.610. The van der Waals surface area contributed by atoms with Crippen LogP contribution >= 0.6 is 0 Å². The van der Waals surface area contributed by atoms with Gasteiger partial charge in [-0.25, -0.2) is 0 Å². The van der Waals surface area contributed by atoms with Crippen LogP contribution in [0, 0.1) is 0 Å². The predicted molar refractivity (Wildman–Crippen MR) is 44.3 cm³/mol. The molecule has 1 amide bonds. The summed E-state index contributed by atoms with van der Waals surface area (Å²) in [5.41, 5.74) is 0. The molecule has 0 saturated carbocycles. The van der Waals surface area contributed by atoms with Crippen molar-refractivity contribution in [1.29, 1.82) is 0 Å². The fourth-order valence-electron chi connectivity index (χ4n) is 1.25. The predicted octanol–water partition coefficient (Wildman–Crippen LogP) is -0.647. The van der Waals surface area contributed by atoms with Crippen LogP contribution in [0.3, 0.4) is 0 Å².